The van der Waals surface area contributed by atoms with E-state index in [4.69, 9.17) is 0 Å². The van der Waals surface area contributed by atoms with Crippen molar-refractivity contribution in [3.63, 3.8) is 0 Å². The number of halogens is 1. The zero-order chi connectivity index (χ0) is 20.6. The maximum Gasteiger partial charge on any atom is 0.243 e. The molecule has 28 heavy (non-hydrogen) atoms. The first-order valence-electron chi connectivity index (χ1n) is 9.11. The Morgan fingerprint density at radius 2 is 1.93 bits per heavy atom. The standard InChI is InChI=1S/C19H25FN4O3S/c1-13-18(14(2)23(4)21-13)12-22(3)19(25)15-9-10-24(11-15)28(26,27)17-7-5-16(20)6-8-17/h5-8,15H,9-12H2,1-4H3. The first-order valence-corrected chi connectivity index (χ1v) is 10.5. The van der Waals surface area contributed by atoms with Crippen molar-refractivity contribution in [1.82, 2.24) is 19.0 Å². The Kier molecular flexibility index (Phi) is 5.58. The van der Waals surface area contributed by atoms with E-state index in [1.807, 2.05) is 20.9 Å². The van der Waals surface area contributed by atoms with Crippen molar-refractivity contribution in [2.24, 2.45) is 13.0 Å². The molecule has 1 saturated heterocycles. The molecule has 1 aliphatic heterocycles. The van der Waals surface area contributed by atoms with Crippen LogP contribution in [-0.4, -0.2) is 53.4 Å². The first kappa shape index (κ1) is 20.5. The van der Waals surface area contributed by atoms with Gasteiger partial charge in [0, 0.05) is 45.0 Å². The third-order valence-electron chi connectivity index (χ3n) is 5.38. The number of hydrogen-bond donors (Lipinski definition) is 0. The smallest absolute Gasteiger partial charge is 0.243 e. The van der Waals surface area contributed by atoms with Crippen LogP contribution in [0.2, 0.25) is 0 Å². The van der Waals surface area contributed by atoms with Gasteiger partial charge in [-0.1, -0.05) is 0 Å². The molecule has 0 radical (unpaired) electrons. The van der Waals surface area contributed by atoms with Gasteiger partial charge >= 0.3 is 0 Å². The molecule has 0 N–H and O–H groups in total. The molecule has 0 saturated carbocycles. The van der Waals surface area contributed by atoms with Crippen LogP contribution in [0.3, 0.4) is 0 Å². The zero-order valence-electron chi connectivity index (χ0n) is 16.5. The summed E-state index contributed by atoms with van der Waals surface area (Å²) in [4.78, 5) is 14.5. The summed E-state index contributed by atoms with van der Waals surface area (Å²) in [6.45, 7) is 4.71. The maximum atomic E-state index is 13.1. The van der Waals surface area contributed by atoms with Crippen molar-refractivity contribution in [3.8, 4) is 0 Å². The van der Waals surface area contributed by atoms with E-state index in [0.717, 1.165) is 29.1 Å². The molecule has 9 heteroatoms. The maximum absolute atomic E-state index is 13.1. The molecule has 7 nitrogen and oxygen atoms in total. The fraction of sp³-hybridized carbons (Fsp3) is 0.474. The minimum Gasteiger partial charge on any atom is -0.341 e. The number of aromatic nitrogens is 2. The van der Waals surface area contributed by atoms with E-state index in [1.54, 1.807) is 16.6 Å². The van der Waals surface area contributed by atoms with Crippen LogP contribution in [0.1, 0.15) is 23.4 Å². The van der Waals surface area contributed by atoms with E-state index in [-0.39, 0.29) is 23.9 Å². The number of carbonyl (C=O) groups is 1. The summed E-state index contributed by atoms with van der Waals surface area (Å²) in [6, 6.07) is 4.75. The lowest BCUT2D eigenvalue weighted by atomic mass is 10.1. The van der Waals surface area contributed by atoms with Gasteiger partial charge < -0.3 is 4.90 Å². The molecule has 0 bridgehead atoms. The van der Waals surface area contributed by atoms with Crippen LogP contribution in [0.5, 0.6) is 0 Å². The molecular formula is C19H25FN4O3S. The third kappa shape index (κ3) is 3.81. The molecular weight excluding hydrogens is 383 g/mol. The van der Waals surface area contributed by atoms with Crippen LogP contribution in [0.4, 0.5) is 4.39 Å². The van der Waals surface area contributed by atoms with E-state index in [0.29, 0.717) is 13.0 Å². The van der Waals surface area contributed by atoms with Crippen molar-refractivity contribution >= 4 is 15.9 Å². The Hall–Kier alpha value is -2.26. The molecule has 0 aliphatic carbocycles. The number of sulfonamides is 1. The highest BCUT2D eigenvalue weighted by atomic mass is 32.2. The van der Waals surface area contributed by atoms with Crippen molar-refractivity contribution < 1.29 is 17.6 Å². The Labute approximate surface area is 164 Å². The lowest BCUT2D eigenvalue weighted by Gasteiger charge is -2.22. The second-order valence-corrected chi connectivity index (χ2v) is 9.21. The normalized spacial score (nSPS) is 17.8. The second-order valence-electron chi connectivity index (χ2n) is 7.27. The lowest BCUT2D eigenvalue weighted by molar-refractivity contribution is -0.134. The van der Waals surface area contributed by atoms with E-state index in [9.17, 15) is 17.6 Å². The SMILES string of the molecule is Cc1nn(C)c(C)c1CN(C)C(=O)C1CCN(S(=O)(=O)c2ccc(F)cc2)C1. The zero-order valence-corrected chi connectivity index (χ0v) is 17.3. The molecule has 1 aromatic heterocycles. The quantitative estimate of drug-likeness (QED) is 0.757. The van der Waals surface area contributed by atoms with E-state index < -0.39 is 21.8 Å². The predicted molar refractivity (Wildman–Crippen MR) is 102 cm³/mol. The molecule has 1 aromatic carbocycles. The van der Waals surface area contributed by atoms with Crippen LogP contribution in [0, 0.1) is 25.6 Å². The number of aryl methyl sites for hydroxylation is 2. The van der Waals surface area contributed by atoms with Crippen LogP contribution in [-0.2, 0) is 28.4 Å². The molecule has 152 valence electrons. The molecule has 1 fully saturated rings. The van der Waals surface area contributed by atoms with E-state index in [1.165, 1.54) is 16.4 Å². The summed E-state index contributed by atoms with van der Waals surface area (Å²) < 4.78 is 41.6. The molecule has 1 amide bonds. The number of nitrogens with zero attached hydrogens (tertiary/aromatic N) is 4. The molecule has 2 heterocycles. The lowest BCUT2D eigenvalue weighted by Crippen LogP contribution is -2.35. The van der Waals surface area contributed by atoms with Crippen molar-refractivity contribution in [2.75, 3.05) is 20.1 Å². The highest BCUT2D eigenvalue weighted by Gasteiger charge is 2.37. The first-order chi connectivity index (χ1) is 13.1. The predicted octanol–water partition coefficient (Wildman–Crippen LogP) is 1.85. The number of rotatable bonds is 5. The highest BCUT2D eigenvalue weighted by molar-refractivity contribution is 7.89. The van der Waals surface area contributed by atoms with Gasteiger partial charge in [-0.2, -0.15) is 9.40 Å². The molecule has 0 spiro atoms. The molecule has 1 atom stereocenters. The average molecular weight is 408 g/mol. The summed E-state index contributed by atoms with van der Waals surface area (Å²) >= 11 is 0. The van der Waals surface area contributed by atoms with Gasteiger partial charge in [0.05, 0.1) is 16.5 Å². The third-order valence-corrected chi connectivity index (χ3v) is 7.26. The molecule has 2 aromatic rings. The minimum absolute atomic E-state index is 0.0389. The van der Waals surface area contributed by atoms with Gasteiger partial charge in [0.2, 0.25) is 15.9 Å². The second kappa shape index (κ2) is 7.63. The van der Waals surface area contributed by atoms with Gasteiger partial charge in [0.1, 0.15) is 5.82 Å². The molecule has 1 unspecified atom stereocenters. The Bertz CT molecular complexity index is 985. The minimum atomic E-state index is -3.73. The van der Waals surface area contributed by atoms with Crippen LogP contribution in [0.25, 0.3) is 0 Å². The Morgan fingerprint density at radius 3 is 2.50 bits per heavy atom. The summed E-state index contributed by atoms with van der Waals surface area (Å²) in [7, 11) is -0.143. The monoisotopic (exact) mass is 408 g/mol. The van der Waals surface area contributed by atoms with E-state index in [2.05, 4.69) is 5.10 Å². The summed E-state index contributed by atoms with van der Waals surface area (Å²) in [5.41, 5.74) is 2.89. The molecule has 3 rings (SSSR count). The molecule has 1 aliphatic rings. The summed E-state index contributed by atoms with van der Waals surface area (Å²) in [5, 5.41) is 4.37. The number of benzene rings is 1. The number of amides is 1. The van der Waals surface area contributed by atoms with Gasteiger partial charge in [-0.05, 0) is 44.5 Å². The Balaban J connectivity index is 1.69. The summed E-state index contributed by atoms with van der Waals surface area (Å²) in [5.74, 6) is -0.965. The van der Waals surface area contributed by atoms with Crippen LogP contribution >= 0.6 is 0 Å². The largest absolute Gasteiger partial charge is 0.341 e. The van der Waals surface area contributed by atoms with Crippen LogP contribution < -0.4 is 0 Å². The van der Waals surface area contributed by atoms with Crippen molar-refractivity contribution in [3.05, 3.63) is 47.0 Å². The van der Waals surface area contributed by atoms with Gasteiger partial charge in [-0.3, -0.25) is 9.48 Å². The average Bonchev–Trinajstić information content (AvgIpc) is 3.23. The van der Waals surface area contributed by atoms with E-state index >= 15 is 0 Å². The Morgan fingerprint density at radius 1 is 1.29 bits per heavy atom. The number of carbonyl (C=O) groups excluding carboxylic acids is 1. The fourth-order valence-electron chi connectivity index (χ4n) is 3.58. The van der Waals surface area contributed by atoms with Gasteiger partial charge in [-0.15, -0.1) is 0 Å². The van der Waals surface area contributed by atoms with Gasteiger partial charge in [0.15, 0.2) is 0 Å². The number of hydrogen-bond acceptors (Lipinski definition) is 4. The highest BCUT2D eigenvalue weighted by Crippen LogP contribution is 2.26. The van der Waals surface area contributed by atoms with Gasteiger partial charge in [-0.25, -0.2) is 12.8 Å². The van der Waals surface area contributed by atoms with Crippen molar-refractivity contribution in [2.45, 2.75) is 31.7 Å². The topological polar surface area (TPSA) is 75.5 Å². The van der Waals surface area contributed by atoms with Crippen molar-refractivity contribution in [1.29, 1.82) is 0 Å². The fourth-order valence-corrected chi connectivity index (χ4v) is 5.08. The summed E-state index contributed by atoms with van der Waals surface area (Å²) in [6.07, 6.45) is 0.467. The van der Waals surface area contributed by atoms with Gasteiger partial charge in [0.25, 0.3) is 0 Å². The van der Waals surface area contributed by atoms with Crippen LogP contribution in [0.15, 0.2) is 29.2 Å².